The Hall–Kier alpha value is -1.13. The average Bonchev–Trinajstić information content (AvgIpc) is 2.27. The van der Waals surface area contributed by atoms with Crippen LogP contribution < -0.4 is 4.90 Å². The molecule has 0 aromatic heterocycles. The molecule has 0 spiro atoms. The van der Waals surface area contributed by atoms with Gasteiger partial charge in [-0.25, -0.2) is 4.39 Å². The van der Waals surface area contributed by atoms with Crippen molar-refractivity contribution in [3.8, 4) is 0 Å². The Bertz CT molecular complexity index is 391. The lowest BCUT2D eigenvalue weighted by molar-refractivity contribution is 0.198. The number of hydrogen-bond donors (Lipinski definition) is 2. The molecule has 0 aliphatic heterocycles. The molecule has 4 heteroatoms. The Morgan fingerprint density at radius 1 is 1.41 bits per heavy atom. The van der Waals surface area contributed by atoms with Gasteiger partial charge in [-0.05, 0) is 38.5 Å². The second kappa shape index (κ2) is 5.02. The Morgan fingerprint density at radius 3 is 2.41 bits per heavy atom. The highest BCUT2D eigenvalue weighted by Gasteiger charge is 2.25. The molecule has 2 N–H and O–H groups in total. The van der Waals surface area contributed by atoms with E-state index in [0.717, 1.165) is 0 Å². The van der Waals surface area contributed by atoms with E-state index in [2.05, 4.69) is 0 Å². The minimum Gasteiger partial charge on any atom is -0.394 e. The van der Waals surface area contributed by atoms with Crippen LogP contribution in [0.1, 0.15) is 32.4 Å². The summed E-state index contributed by atoms with van der Waals surface area (Å²) in [5, 5.41) is 18.6. The summed E-state index contributed by atoms with van der Waals surface area (Å²) in [6.07, 6.45) is -0.685. The van der Waals surface area contributed by atoms with Crippen LogP contribution in [0.15, 0.2) is 18.2 Å². The van der Waals surface area contributed by atoms with E-state index in [1.54, 1.807) is 31.0 Å². The third-order valence-corrected chi connectivity index (χ3v) is 3.11. The van der Waals surface area contributed by atoms with Crippen LogP contribution in [0.4, 0.5) is 10.1 Å². The predicted octanol–water partition coefficient (Wildman–Crippen LogP) is 2.09. The Morgan fingerprint density at radius 2 is 2.00 bits per heavy atom. The Balaban J connectivity index is 3.08. The maximum absolute atomic E-state index is 13.9. The lowest BCUT2D eigenvalue weighted by Crippen LogP contribution is -2.44. The maximum Gasteiger partial charge on any atom is 0.146 e. The van der Waals surface area contributed by atoms with E-state index < -0.39 is 17.5 Å². The van der Waals surface area contributed by atoms with E-state index in [1.807, 2.05) is 13.8 Å². The molecule has 1 rings (SSSR count). The van der Waals surface area contributed by atoms with Gasteiger partial charge >= 0.3 is 0 Å². The van der Waals surface area contributed by atoms with Crippen molar-refractivity contribution >= 4 is 5.69 Å². The van der Waals surface area contributed by atoms with Gasteiger partial charge in [-0.1, -0.05) is 6.07 Å². The molecule has 0 saturated carbocycles. The van der Waals surface area contributed by atoms with Gasteiger partial charge in [-0.2, -0.15) is 0 Å². The highest BCUT2D eigenvalue weighted by Crippen LogP contribution is 2.27. The molecule has 0 aliphatic carbocycles. The van der Waals surface area contributed by atoms with E-state index in [4.69, 9.17) is 0 Å². The molecule has 96 valence electrons. The van der Waals surface area contributed by atoms with Gasteiger partial charge in [0.2, 0.25) is 0 Å². The van der Waals surface area contributed by atoms with Crippen LogP contribution in [0.3, 0.4) is 0 Å². The molecular formula is C13H20FNO2. The first-order valence-corrected chi connectivity index (χ1v) is 5.62. The number of likely N-dealkylation sites (N-methyl/N-ethyl adjacent to an activating group) is 1. The van der Waals surface area contributed by atoms with Gasteiger partial charge in [-0.3, -0.25) is 0 Å². The number of rotatable bonds is 4. The summed E-state index contributed by atoms with van der Waals surface area (Å²) >= 11 is 0. The van der Waals surface area contributed by atoms with Crippen molar-refractivity contribution in [3.63, 3.8) is 0 Å². The summed E-state index contributed by atoms with van der Waals surface area (Å²) in [5.41, 5.74) is 0.419. The van der Waals surface area contributed by atoms with E-state index in [-0.39, 0.29) is 6.61 Å². The molecule has 0 amide bonds. The number of aliphatic hydroxyl groups is 2. The molecule has 0 aliphatic rings. The number of benzene rings is 1. The highest BCUT2D eigenvalue weighted by atomic mass is 19.1. The summed E-state index contributed by atoms with van der Waals surface area (Å²) in [4.78, 5) is 1.69. The molecule has 0 unspecified atom stereocenters. The number of nitrogens with zero attached hydrogens (tertiary/aromatic N) is 1. The summed E-state index contributed by atoms with van der Waals surface area (Å²) in [6, 6.07) is 4.63. The van der Waals surface area contributed by atoms with Crippen LogP contribution >= 0.6 is 0 Å². The van der Waals surface area contributed by atoms with Gasteiger partial charge in [0.25, 0.3) is 0 Å². The minimum atomic E-state index is -0.685. The fourth-order valence-corrected chi connectivity index (χ4v) is 1.49. The standard InChI is InChI=1S/C13H20FNO2/c1-9(17)10-5-6-12(11(14)7-10)15(4)13(2,3)8-16/h5-7,9,16-17H,8H2,1-4H3/t9-/m1/s1. The van der Waals surface area contributed by atoms with E-state index in [9.17, 15) is 14.6 Å². The fourth-order valence-electron chi connectivity index (χ4n) is 1.49. The quantitative estimate of drug-likeness (QED) is 0.848. The molecule has 1 aromatic rings. The van der Waals surface area contributed by atoms with Crippen LogP contribution in [-0.2, 0) is 0 Å². The zero-order chi connectivity index (χ0) is 13.2. The van der Waals surface area contributed by atoms with Crippen LogP contribution in [0.2, 0.25) is 0 Å². The van der Waals surface area contributed by atoms with Crippen molar-refractivity contribution in [3.05, 3.63) is 29.6 Å². The normalized spacial score (nSPS) is 13.6. The summed E-state index contributed by atoms with van der Waals surface area (Å²) in [6.45, 7) is 5.18. The topological polar surface area (TPSA) is 43.7 Å². The second-order valence-electron chi connectivity index (χ2n) is 4.92. The van der Waals surface area contributed by atoms with Crippen LogP contribution in [-0.4, -0.2) is 29.4 Å². The highest BCUT2D eigenvalue weighted by molar-refractivity contribution is 5.50. The van der Waals surface area contributed by atoms with Gasteiger partial charge in [0.05, 0.1) is 23.9 Å². The van der Waals surface area contributed by atoms with Gasteiger partial charge < -0.3 is 15.1 Å². The van der Waals surface area contributed by atoms with Crippen molar-refractivity contribution in [1.82, 2.24) is 0 Å². The smallest absolute Gasteiger partial charge is 0.146 e. The molecule has 3 nitrogen and oxygen atoms in total. The molecular weight excluding hydrogens is 221 g/mol. The van der Waals surface area contributed by atoms with Crippen LogP contribution in [0.25, 0.3) is 0 Å². The largest absolute Gasteiger partial charge is 0.394 e. The summed E-state index contributed by atoms with van der Waals surface area (Å²) < 4.78 is 13.9. The fraction of sp³-hybridized carbons (Fsp3) is 0.538. The Kier molecular flexibility index (Phi) is 4.11. The molecule has 0 heterocycles. The molecule has 0 bridgehead atoms. The third kappa shape index (κ3) is 2.96. The first-order valence-electron chi connectivity index (χ1n) is 5.62. The first kappa shape index (κ1) is 13.9. The van der Waals surface area contributed by atoms with E-state index in [0.29, 0.717) is 11.3 Å². The summed E-state index contributed by atoms with van der Waals surface area (Å²) in [7, 11) is 1.73. The first-order chi connectivity index (χ1) is 7.79. The van der Waals surface area contributed by atoms with E-state index >= 15 is 0 Å². The van der Waals surface area contributed by atoms with Crippen molar-refractivity contribution in [1.29, 1.82) is 0 Å². The minimum absolute atomic E-state index is 0.0684. The van der Waals surface area contributed by atoms with Crippen molar-refractivity contribution in [2.45, 2.75) is 32.4 Å². The second-order valence-corrected chi connectivity index (χ2v) is 4.92. The molecule has 1 atom stereocenters. The molecule has 17 heavy (non-hydrogen) atoms. The zero-order valence-corrected chi connectivity index (χ0v) is 10.7. The maximum atomic E-state index is 13.9. The van der Waals surface area contributed by atoms with E-state index in [1.165, 1.54) is 6.07 Å². The lowest BCUT2D eigenvalue weighted by atomic mass is 10.0. The van der Waals surface area contributed by atoms with Crippen LogP contribution in [0.5, 0.6) is 0 Å². The number of halogens is 1. The van der Waals surface area contributed by atoms with Gasteiger partial charge in [0, 0.05) is 7.05 Å². The van der Waals surface area contributed by atoms with Crippen LogP contribution in [0, 0.1) is 5.82 Å². The van der Waals surface area contributed by atoms with Gasteiger partial charge in [0.1, 0.15) is 5.82 Å². The van der Waals surface area contributed by atoms with Crippen molar-refractivity contribution in [2.24, 2.45) is 0 Å². The van der Waals surface area contributed by atoms with Crippen molar-refractivity contribution in [2.75, 3.05) is 18.6 Å². The molecule has 0 radical (unpaired) electrons. The summed E-state index contributed by atoms with van der Waals surface area (Å²) in [5.74, 6) is -0.396. The Labute approximate surface area is 101 Å². The average molecular weight is 241 g/mol. The third-order valence-electron chi connectivity index (χ3n) is 3.11. The molecule has 1 aromatic carbocycles. The number of hydrogen-bond acceptors (Lipinski definition) is 3. The van der Waals surface area contributed by atoms with Gasteiger partial charge in [0.15, 0.2) is 0 Å². The zero-order valence-electron chi connectivity index (χ0n) is 10.7. The van der Waals surface area contributed by atoms with Crippen molar-refractivity contribution < 1.29 is 14.6 Å². The monoisotopic (exact) mass is 241 g/mol. The predicted molar refractivity (Wildman–Crippen MR) is 66.6 cm³/mol. The SMILES string of the molecule is C[C@@H](O)c1ccc(N(C)C(C)(C)CO)c(F)c1. The lowest BCUT2D eigenvalue weighted by Gasteiger charge is -2.36. The van der Waals surface area contributed by atoms with Gasteiger partial charge in [-0.15, -0.1) is 0 Å². The molecule has 0 fully saturated rings. The number of aliphatic hydroxyl groups excluding tert-OH is 2. The number of anilines is 1. The molecule has 0 saturated heterocycles.